The first-order valence-electron chi connectivity index (χ1n) is 8.11. The molecule has 0 aliphatic carbocycles. The second kappa shape index (κ2) is 7.33. The Morgan fingerprint density at radius 3 is 2.71 bits per heavy atom. The third-order valence-electron chi connectivity index (χ3n) is 4.18. The van der Waals surface area contributed by atoms with Crippen LogP contribution in [0.2, 0.25) is 0 Å². The molecule has 1 saturated heterocycles. The number of amides is 1. The van der Waals surface area contributed by atoms with Crippen molar-refractivity contribution in [2.75, 3.05) is 38.2 Å². The van der Waals surface area contributed by atoms with Crippen molar-refractivity contribution >= 4 is 11.9 Å². The van der Waals surface area contributed by atoms with Gasteiger partial charge in [-0.1, -0.05) is 17.2 Å². The Morgan fingerprint density at radius 2 is 2.04 bits per heavy atom. The Labute approximate surface area is 141 Å². The number of ether oxygens (including phenoxy) is 1. The first-order valence-corrected chi connectivity index (χ1v) is 8.11. The average Bonchev–Trinajstić information content (AvgIpc) is 3.06. The van der Waals surface area contributed by atoms with Crippen molar-refractivity contribution in [3.8, 4) is 5.75 Å². The van der Waals surface area contributed by atoms with Crippen molar-refractivity contribution in [2.45, 2.75) is 19.8 Å². The van der Waals surface area contributed by atoms with Gasteiger partial charge in [-0.15, -0.1) is 5.10 Å². The molecule has 1 aromatic heterocycles. The summed E-state index contributed by atoms with van der Waals surface area (Å²) in [4.78, 5) is 16.3. The second-order valence-corrected chi connectivity index (χ2v) is 5.82. The third kappa shape index (κ3) is 3.84. The van der Waals surface area contributed by atoms with Crippen LogP contribution in [0.5, 0.6) is 5.75 Å². The fourth-order valence-corrected chi connectivity index (χ4v) is 2.80. The number of benzene rings is 1. The largest absolute Gasteiger partial charge is 0.497 e. The molecule has 1 aliphatic heterocycles. The molecule has 0 radical (unpaired) electrons. The average molecular weight is 330 g/mol. The Bertz CT molecular complexity index is 693. The molecule has 2 aromatic rings. The highest BCUT2D eigenvalue weighted by Gasteiger charge is 2.23. The first kappa shape index (κ1) is 16.3. The monoisotopic (exact) mass is 330 g/mol. The summed E-state index contributed by atoms with van der Waals surface area (Å²) < 4.78 is 10.6. The molecule has 7 heteroatoms. The second-order valence-electron chi connectivity index (χ2n) is 5.82. The lowest BCUT2D eigenvalue weighted by Crippen LogP contribution is -2.49. The fourth-order valence-electron chi connectivity index (χ4n) is 2.80. The highest BCUT2D eigenvalue weighted by Crippen LogP contribution is 2.16. The van der Waals surface area contributed by atoms with Gasteiger partial charge in [0.25, 0.3) is 0 Å². The van der Waals surface area contributed by atoms with E-state index < -0.39 is 0 Å². The molecular formula is C17H22N4O3. The van der Waals surface area contributed by atoms with Gasteiger partial charge in [0.05, 0.1) is 7.11 Å². The lowest BCUT2D eigenvalue weighted by atomic mass is 10.1. The maximum Gasteiger partial charge on any atom is 0.318 e. The molecule has 1 amide bonds. The minimum Gasteiger partial charge on any atom is -0.497 e. The van der Waals surface area contributed by atoms with Gasteiger partial charge in [0.15, 0.2) is 0 Å². The smallest absolute Gasteiger partial charge is 0.318 e. The van der Waals surface area contributed by atoms with Crippen molar-refractivity contribution in [2.24, 2.45) is 0 Å². The van der Waals surface area contributed by atoms with Crippen molar-refractivity contribution < 1.29 is 13.9 Å². The molecule has 0 atom stereocenters. The molecule has 0 bridgehead atoms. The van der Waals surface area contributed by atoms with Crippen molar-refractivity contribution in [3.05, 3.63) is 35.7 Å². The van der Waals surface area contributed by atoms with E-state index in [0.717, 1.165) is 17.7 Å². The molecule has 0 spiro atoms. The number of carbonyl (C=O) groups is 1. The standard InChI is InChI=1S/C17H22N4O3/c1-13-18-19-17(24-13)21-10-8-20(9-11-21)16(22)7-6-14-4-3-5-15(12-14)23-2/h3-5,12H,6-11H2,1-2H3. The van der Waals surface area contributed by atoms with E-state index in [9.17, 15) is 4.79 Å². The first-order chi connectivity index (χ1) is 11.7. The van der Waals surface area contributed by atoms with E-state index >= 15 is 0 Å². The van der Waals surface area contributed by atoms with Crippen LogP contribution in [0.15, 0.2) is 28.7 Å². The maximum absolute atomic E-state index is 12.4. The molecule has 0 unspecified atom stereocenters. The van der Waals surface area contributed by atoms with E-state index in [2.05, 4.69) is 10.2 Å². The van der Waals surface area contributed by atoms with Crippen LogP contribution in [-0.2, 0) is 11.2 Å². The number of piperazine rings is 1. The van der Waals surface area contributed by atoms with Gasteiger partial charge in [-0.2, -0.15) is 0 Å². The van der Waals surface area contributed by atoms with Crippen LogP contribution in [0.3, 0.4) is 0 Å². The molecule has 1 aromatic carbocycles. The van der Waals surface area contributed by atoms with Crippen LogP contribution in [0.25, 0.3) is 0 Å². The topological polar surface area (TPSA) is 71.7 Å². The van der Waals surface area contributed by atoms with Gasteiger partial charge in [0.2, 0.25) is 11.8 Å². The Morgan fingerprint density at radius 1 is 1.25 bits per heavy atom. The number of methoxy groups -OCH3 is 1. The van der Waals surface area contributed by atoms with Crippen molar-refractivity contribution in [1.82, 2.24) is 15.1 Å². The predicted molar refractivity (Wildman–Crippen MR) is 89.1 cm³/mol. The molecule has 7 nitrogen and oxygen atoms in total. The summed E-state index contributed by atoms with van der Waals surface area (Å²) in [5, 5.41) is 7.87. The third-order valence-corrected chi connectivity index (χ3v) is 4.18. The number of rotatable bonds is 5. The van der Waals surface area contributed by atoms with E-state index in [0.29, 0.717) is 44.5 Å². The van der Waals surface area contributed by atoms with Gasteiger partial charge < -0.3 is 19.0 Å². The summed E-state index contributed by atoms with van der Waals surface area (Å²) in [6.45, 7) is 4.56. The number of hydrogen-bond acceptors (Lipinski definition) is 6. The predicted octanol–water partition coefficient (Wildman–Crippen LogP) is 1.67. The van der Waals surface area contributed by atoms with Crippen LogP contribution >= 0.6 is 0 Å². The highest BCUT2D eigenvalue weighted by atomic mass is 16.5. The highest BCUT2D eigenvalue weighted by molar-refractivity contribution is 5.76. The van der Waals surface area contributed by atoms with Gasteiger partial charge in [0, 0.05) is 39.5 Å². The van der Waals surface area contributed by atoms with Crippen LogP contribution in [0, 0.1) is 6.92 Å². The van der Waals surface area contributed by atoms with Crippen LogP contribution in [0.4, 0.5) is 6.01 Å². The molecule has 128 valence electrons. The summed E-state index contributed by atoms with van der Waals surface area (Å²) in [5.74, 6) is 1.56. The number of hydrogen-bond donors (Lipinski definition) is 0. The summed E-state index contributed by atoms with van der Waals surface area (Å²) in [6.07, 6.45) is 1.23. The van der Waals surface area contributed by atoms with Gasteiger partial charge in [0.1, 0.15) is 5.75 Å². The molecule has 2 heterocycles. The normalized spacial score (nSPS) is 14.8. The Balaban J connectivity index is 1.48. The molecule has 0 saturated carbocycles. The van der Waals surface area contributed by atoms with E-state index in [1.54, 1.807) is 14.0 Å². The number of aromatic nitrogens is 2. The van der Waals surface area contributed by atoms with Gasteiger partial charge in [-0.05, 0) is 24.1 Å². The summed E-state index contributed by atoms with van der Waals surface area (Å²) >= 11 is 0. The van der Waals surface area contributed by atoms with E-state index in [4.69, 9.17) is 9.15 Å². The zero-order valence-electron chi connectivity index (χ0n) is 14.1. The van der Waals surface area contributed by atoms with E-state index in [1.165, 1.54) is 0 Å². The minimum absolute atomic E-state index is 0.180. The summed E-state index contributed by atoms with van der Waals surface area (Å²) in [5.41, 5.74) is 1.11. The van der Waals surface area contributed by atoms with E-state index in [1.807, 2.05) is 34.1 Å². The van der Waals surface area contributed by atoms with Gasteiger partial charge in [-0.25, -0.2) is 0 Å². The van der Waals surface area contributed by atoms with Crippen LogP contribution < -0.4 is 9.64 Å². The van der Waals surface area contributed by atoms with Crippen molar-refractivity contribution in [1.29, 1.82) is 0 Å². The maximum atomic E-state index is 12.4. The lowest BCUT2D eigenvalue weighted by Gasteiger charge is -2.33. The van der Waals surface area contributed by atoms with Crippen LogP contribution in [0.1, 0.15) is 17.9 Å². The zero-order valence-corrected chi connectivity index (χ0v) is 14.1. The molecule has 0 N–H and O–H groups in total. The molecule has 1 fully saturated rings. The molecule has 24 heavy (non-hydrogen) atoms. The summed E-state index contributed by atoms with van der Waals surface area (Å²) in [7, 11) is 1.65. The van der Waals surface area contributed by atoms with Gasteiger partial charge in [-0.3, -0.25) is 4.79 Å². The molecule has 3 rings (SSSR count). The summed E-state index contributed by atoms with van der Waals surface area (Å²) in [6, 6.07) is 8.39. The number of aryl methyl sites for hydroxylation is 2. The lowest BCUT2D eigenvalue weighted by molar-refractivity contribution is -0.131. The van der Waals surface area contributed by atoms with Gasteiger partial charge >= 0.3 is 6.01 Å². The Hall–Kier alpha value is -2.57. The number of anilines is 1. The molecular weight excluding hydrogens is 308 g/mol. The van der Waals surface area contributed by atoms with E-state index in [-0.39, 0.29) is 5.91 Å². The minimum atomic E-state index is 0.180. The molecule has 1 aliphatic rings. The van der Waals surface area contributed by atoms with Crippen LogP contribution in [-0.4, -0.2) is 54.3 Å². The fraction of sp³-hybridized carbons (Fsp3) is 0.471. The quantitative estimate of drug-likeness (QED) is 0.830. The zero-order chi connectivity index (χ0) is 16.9. The SMILES string of the molecule is COc1cccc(CCC(=O)N2CCN(c3nnc(C)o3)CC2)c1. The number of carbonyl (C=O) groups excluding carboxylic acids is 1. The van der Waals surface area contributed by atoms with Crippen molar-refractivity contribution in [3.63, 3.8) is 0 Å². The number of nitrogens with zero attached hydrogens (tertiary/aromatic N) is 4. The Kier molecular flexibility index (Phi) is 4.98.